The predicted molar refractivity (Wildman–Crippen MR) is 102 cm³/mol. The highest BCUT2D eigenvalue weighted by atomic mass is 19.1. The van der Waals surface area contributed by atoms with Crippen LogP contribution in [0.4, 0.5) is 8.78 Å². The van der Waals surface area contributed by atoms with E-state index in [1.807, 2.05) is 0 Å². The van der Waals surface area contributed by atoms with Gasteiger partial charge in [-0.05, 0) is 36.8 Å². The molecule has 1 unspecified atom stereocenters. The summed E-state index contributed by atoms with van der Waals surface area (Å²) in [5.41, 5.74) is 4.54. The van der Waals surface area contributed by atoms with E-state index >= 15 is 0 Å². The summed E-state index contributed by atoms with van der Waals surface area (Å²) in [5, 5.41) is 0. The summed E-state index contributed by atoms with van der Waals surface area (Å²) >= 11 is 0. The minimum absolute atomic E-state index is 0.497. The van der Waals surface area contributed by atoms with E-state index < -0.39 is 11.6 Å². The van der Waals surface area contributed by atoms with Crippen LogP contribution in [0.3, 0.4) is 0 Å². The van der Waals surface area contributed by atoms with Crippen molar-refractivity contribution in [1.82, 2.24) is 4.57 Å². The van der Waals surface area contributed by atoms with Crippen LogP contribution in [0.1, 0.15) is 35.2 Å². The second-order valence-corrected chi connectivity index (χ2v) is 7.68. The monoisotopic (exact) mass is 367 g/mol. The fourth-order valence-electron chi connectivity index (χ4n) is 3.82. The van der Waals surface area contributed by atoms with Crippen molar-refractivity contribution in [1.29, 1.82) is 0 Å². The summed E-state index contributed by atoms with van der Waals surface area (Å²) in [7, 11) is 0. The largest absolute Gasteiger partial charge is 0.342 e. The van der Waals surface area contributed by atoms with Gasteiger partial charge >= 0.3 is 0 Å². The van der Waals surface area contributed by atoms with Crippen molar-refractivity contribution in [2.24, 2.45) is 0 Å². The maximum absolute atomic E-state index is 13.6. The van der Waals surface area contributed by atoms with E-state index in [0.29, 0.717) is 12.6 Å². The van der Waals surface area contributed by atoms with E-state index in [1.165, 1.54) is 46.7 Å². The third-order valence-corrected chi connectivity index (χ3v) is 5.28. The van der Waals surface area contributed by atoms with Crippen LogP contribution in [0.25, 0.3) is 0 Å². The van der Waals surface area contributed by atoms with E-state index in [-0.39, 0.29) is 0 Å². The second-order valence-electron chi connectivity index (χ2n) is 7.68. The first-order valence-corrected chi connectivity index (χ1v) is 9.56. The van der Waals surface area contributed by atoms with Crippen LogP contribution in [0.15, 0.2) is 60.8 Å². The van der Waals surface area contributed by atoms with Gasteiger partial charge in [0.15, 0.2) is 0 Å². The van der Waals surface area contributed by atoms with Crippen LogP contribution < -0.4 is 4.90 Å². The summed E-state index contributed by atoms with van der Waals surface area (Å²) in [6.07, 6.45) is 4.49. The van der Waals surface area contributed by atoms with E-state index in [1.54, 1.807) is 0 Å². The zero-order chi connectivity index (χ0) is 18.8. The highest BCUT2D eigenvalue weighted by Gasteiger charge is 2.34. The Kier molecular flexibility index (Phi) is 5.08. The number of rotatable bonds is 7. The summed E-state index contributed by atoms with van der Waals surface area (Å²) < 4.78 is 29.4. The van der Waals surface area contributed by atoms with Gasteiger partial charge in [-0.2, -0.15) is 0 Å². The van der Waals surface area contributed by atoms with Crippen LogP contribution >= 0.6 is 0 Å². The Morgan fingerprint density at radius 3 is 2.41 bits per heavy atom. The highest BCUT2D eigenvalue weighted by Crippen LogP contribution is 2.18. The number of hydrogen-bond donors (Lipinski definition) is 1. The fraction of sp³-hybridized carbons (Fsp3) is 0.304. The van der Waals surface area contributed by atoms with Crippen LogP contribution in [0, 0.1) is 18.6 Å². The molecular weight excluding hydrogens is 342 g/mol. The molecule has 0 bridgehead atoms. The van der Waals surface area contributed by atoms with Gasteiger partial charge < -0.3 is 9.47 Å². The Hall–Kier alpha value is -2.46. The molecule has 0 radical (unpaired) electrons. The fourth-order valence-corrected chi connectivity index (χ4v) is 3.82. The van der Waals surface area contributed by atoms with E-state index in [4.69, 9.17) is 0 Å². The normalized spacial score (nSPS) is 15.1. The number of benzene rings is 2. The molecule has 0 saturated heterocycles. The third kappa shape index (κ3) is 4.64. The van der Waals surface area contributed by atoms with Gasteiger partial charge in [-0.15, -0.1) is 0 Å². The van der Waals surface area contributed by atoms with Gasteiger partial charge in [-0.3, -0.25) is 0 Å². The molecule has 2 nitrogen and oxygen atoms in total. The molecule has 1 heterocycles. The lowest BCUT2D eigenvalue weighted by Gasteiger charge is -2.21. The van der Waals surface area contributed by atoms with Gasteiger partial charge in [0.1, 0.15) is 24.7 Å². The minimum Gasteiger partial charge on any atom is -0.342 e. The Balaban J connectivity index is 1.50. The van der Waals surface area contributed by atoms with Gasteiger partial charge in [-0.25, -0.2) is 8.78 Å². The van der Waals surface area contributed by atoms with Crippen LogP contribution in [0.5, 0.6) is 0 Å². The summed E-state index contributed by atoms with van der Waals surface area (Å²) in [6.45, 7) is 4.46. The molecule has 0 amide bonds. The Bertz CT molecular complexity index is 907. The van der Waals surface area contributed by atoms with Crippen molar-refractivity contribution in [3.63, 3.8) is 0 Å². The molecule has 1 saturated carbocycles. The van der Waals surface area contributed by atoms with Gasteiger partial charge in [0.25, 0.3) is 0 Å². The molecular formula is C23H25F2N2+. The molecule has 0 aliphatic heterocycles. The molecule has 3 aromatic rings. The zero-order valence-corrected chi connectivity index (χ0v) is 15.6. The van der Waals surface area contributed by atoms with Crippen molar-refractivity contribution in [3.05, 3.63) is 94.8 Å². The van der Waals surface area contributed by atoms with E-state index in [2.05, 4.69) is 54.1 Å². The molecule has 1 atom stereocenters. The molecule has 27 heavy (non-hydrogen) atoms. The molecule has 1 aliphatic rings. The minimum atomic E-state index is -0.497. The van der Waals surface area contributed by atoms with Gasteiger partial charge in [0.05, 0.1) is 11.7 Å². The highest BCUT2D eigenvalue weighted by molar-refractivity contribution is 5.23. The van der Waals surface area contributed by atoms with Crippen molar-refractivity contribution < 1.29 is 13.7 Å². The lowest BCUT2D eigenvalue weighted by Crippen LogP contribution is -3.10. The quantitative estimate of drug-likeness (QED) is 0.649. The molecule has 1 aromatic heterocycles. The van der Waals surface area contributed by atoms with Crippen molar-refractivity contribution in [2.75, 3.05) is 0 Å². The van der Waals surface area contributed by atoms with Crippen molar-refractivity contribution in [3.8, 4) is 0 Å². The van der Waals surface area contributed by atoms with Gasteiger partial charge in [0, 0.05) is 37.2 Å². The molecule has 4 rings (SSSR count). The summed E-state index contributed by atoms with van der Waals surface area (Å²) in [5.74, 6) is -0.995. The Morgan fingerprint density at radius 2 is 1.70 bits per heavy atom. The van der Waals surface area contributed by atoms with Gasteiger partial charge in [-0.1, -0.05) is 29.8 Å². The molecule has 0 spiro atoms. The Morgan fingerprint density at radius 1 is 0.926 bits per heavy atom. The Labute approximate surface area is 159 Å². The standard InChI is InChI=1S/C23H24F2N2/c1-17-4-2-5-18(10-17)14-26-9-3-6-23(26)16-27(22-7-8-22)15-19-11-20(24)13-21(25)12-19/h2-6,9-13,22H,7-8,14-16H2,1H3/p+1. The average Bonchev–Trinajstić information content (AvgIpc) is 3.36. The number of nitrogens with one attached hydrogen (secondary N) is 1. The van der Waals surface area contributed by atoms with E-state index in [9.17, 15) is 8.78 Å². The third-order valence-electron chi connectivity index (χ3n) is 5.28. The maximum Gasteiger partial charge on any atom is 0.126 e. The van der Waals surface area contributed by atoms with Crippen molar-refractivity contribution >= 4 is 0 Å². The number of nitrogens with zero attached hydrogens (tertiary/aromatic N) is 1. The zero-order valence-electron chi connectivity index (χ0n) is 15.6. The lowest BCUT2D eigenvalue weighted by molar-refractivity contribution is -0.938. The number of aryl methyl sites for hydroxylation is 1. The summed E-state index contributed by atoms with van der Waals surface area (Å²) in [4.78, 5) is 1.38. The first-order chi connectivity index (χ1) is 13.1. The molecule has 1 aliphatic carbocycles. The molecule has 1 fully saturated rings. The molecule has 4 heteroatoms. The maximum atomic E-state index is 13.6. The number of halogens is 2. The first kappa shape index (κ1) is 17.9. The predicted octanol–water partition coefficient (Wildman–Crippen LogP) is 3.87. The van der Waals surface area contributed by atoms with Crippen LogP contribution in [-0.2, 0) is 19.6 Å². The first-order valence-electron chi connectivity index (χ1n) is 9.56. The SMILES string of the molecule is Cc1cccc(Cn2cccc2C[NH+](Cc2cc(F)cc(F)c2)C2CC2)c1. The topological polar surface area (TPSA) is 9.37 Å². The van der Waals surface area contributed by atoms with Crippen LogP contribution in [0.2, 0.25) is 0 Å². The number of quaternary nitrogens is 1. The number of hydrogen-bond acceptors (Lipinski definition) is 0. The van der Waals surface area contributed by atoms with Crippen LogP contribution in [-0.4, -0.2) is 10.6 Å². The van der Waals surface area contributed by atoms with E-state index in [0.717, 1.165) is 24.7 Å². The van der Waals surface area contributed by atoms with Crippen molar-refractivity contribution in [2.45, 2.75) is 45.4 Å². The smallest absolute Gasteiger partial charge is 0.126 e. The summed E-state index contributed by atoms with van der Waals surface area (Å²) in [6, 6.07) is 17.2. The average molecular weight is 367 g/mol. The second kappa shape index (κ2) is 7.65. The lowest BCUT2D eigenvalue weighted by atomic mass is 10.1. The van der Waals surface area contributed by atoms with Gasteiger partial charge in [0.2, 0.25) is 0 Å². The molecule has 2 aromatic carbocycles. The molecule has 140 valence electrons. The molecule has 1 N–H and O–H groups in total. The number of aromatic nitrogens is 1.